The molecule has 0 amide bonds. The summed E-state index contributed by atoms with van der Waals surface area (Å²) in [6.45, 7) is 2.93. The fraction of sp³-hybridized carbons (Fsp3) is 0.429. The van der Waals surface area contributed by atoms with Crippen LogP contribution in [-0.4, -0.2) is 47.1 Å². The van der Waals surface area contributed by atoms with Gasteiger partial charge >= 0.3 is 11.9 Å². The average molecular weight is 453 g/mol. The summed E-state index contributed by atoms with van der Waals surface area (Å²) < 4.78 is 36.8. The Balaban J connectivity index is 2.12. The van der Waals surface area contributed by atoms with Gasteiger partial charge in [-0.2, -0.15) is 0 Å². The molecule has 1 fully saturated rings. The van der Waals surface area contributed by atoms with Crippen LogP contribution >= 0.6 is 11.3 Å². The summed E-state index contributed by atoms with van der Waals surface area (Å²) in [6.07, 6.45) is 0.936. The predicted octanol–water partition coefficient (Wildman–Crippen LogP) is 2.86. The standard InChI is InChI=1S/C21H21F2NO6S/c1-4-30-19(26)15-13(25)8-21(2,28)17(20(27)29-3)16(15)18-24-9-14(31-18)10-5-6-11(22)12(23)7-10/h5-7,9,15-17,28H,4,8H2,1-3H3. The molecule has 1 N–H and O–H groups in total. The minimum absolute atomic E-state index is 0.0204. The van der Waals surface area contributed by atoms with Crippen LogP contribution in [0.3, 0.4) is 0 Å². The Morgan fingerprint density at radius 1 is 1.29 bits per heavy atom. The Bertz CT molecular complexity index is 1020. The molecule has 7 nitrogen and oxygen atoms in total. The second-order valence-corrected chi connectivity index (χ2v) is 8.51. The Labute approximate surface area is 181 Å². The summed E-state index contributed by atoms with van der Waals surface area (Å²) in [5, 5.41) is 11.1. The SMILES string of the molecule is CCOC(=O)C1C(=O)CC(C)(O)C(C(=O)OC)C1c1ncc(-c2ccc(F)c(F)c2)s1. The maximum atomic E-state index is 13.7. The number of halogens is 2. The van der Waals surface area contributed by atoms with E-state index in [2.05, 4.69) is 4.98 Å². The molecule has 166 valence electrons. The first-order chi connectivity index (χ1) is 14.6. The zero-order valence-corrected chi connectivity index (χ0v) is 17.9. The molecule has 3 rings (SSSR count). The summed E-state index contributed by atoms with van der Waals surface area (Å²) >= 11 is 1.00. The first-order valence-corrected chi connectivity index (χ1v) is 10.3. The third-order valence-corrected chi connectivity index (χ3v) is 6.42. The number of nitrogens with zero attached hydrogens (tertiary/aromatic N) is 1. The topological polar surface area (TPSA) is 103 Å². The maximum absolute atomic E-state index is 13.7. The van der Waals surface area contributed by atoms with Gasteiger partial charge in [-0.25, -0.2) is 13.8 Å². The number of hydrogen-bond acceptors (Lipinski definition) is 8. The molecule has 1 saturated carbocycles. The van der Waals surface area contributed by atoms with Gasteiger partial charge in [-0.1, -0.05) is 6.07 Å². The van der Waals surface area contributed by atoms with Gasteiger partial charge in [0.1, 0.15) is 5.92 Å². The van der Waals surface area contributed by atoms with Crippen molar-refractivity contribution in [2.75, 3.05) is 13.7 Å². The number of aromatic nitrogens is 1. The molecule has 1 heterocycles. The van der Waals surface area contributed by atoms with Crippen LogP contribution in [0, 0.1) is 23.5 Å². The Kier molecular flexibility index (Phi) is 6.51. The number of thiazole rings is 1. The molecule has 1 aromatic carbocycles. The Morgan fingerprint density at radius 3 is 2.61 bits per heavy atom. The number of ether oxygens (including phenoxy) is 2. The van der Waals surface area contributed by atoms with Crippen molar-refractivity contribution < 1.29 is 37.7 Å². The number of carbonyl (C=O) groups excluding carboxylic acids is 3. The smallest absolute Gasteiger partial charge is 0.317 e. The van der Waals surface area contributed by atoms with E-state index in [1.165, 1.54) is 19.2 Å². The minimum atomic E-state index is -1.79. The molecule has 4 unspecified atom stereocenters. The van der Waals surface area contributed by atoms with Gasteiger partial charge in [-0.05, 0) is 31.5 Å². The van der Waals surface area contributed by atoms with Crippen molar-refractivity contribution in [2.24, 2.45) is 11.8 Å². The molecule has 31 heavy (non-hydrogen) atoms. The average Bonchev–Trinajstić information content (AvgIpc) is 3.18. The van der Waals surface area contributed by atoms with Crippen LogP contribution in [0.2, 0.25) is 0 Å². The van der Waals surface area contributed by atoms with Crippen molar-refractivity contribution in [3.63, 3.8) is 0 Å². The van der Waals surface area contributed by atoms with Crippen molar-refractivity contribution in [1.82, 2.24) is 4.98 Å². The number of esters is 2. The fourth-order valence-corrected chi connectivity index (χ4v) is 4.99. The van der Waals surface area contributed by atoms with Crippen LogP contribution in [0.4, 0.5) is 8.78 Å². The van der Waals surface area contributed by atoms with E-state index in [0.717, 1.165) is 30.6 Å². The number of rotatable bonds is 5. The first kappa shape index (κ1) is 23.0. The van der Waals surface area contributed by atoms with E-state index in [9.17, 15) is 28.3 Å². The van der Waals surface area contributed by atoms with Crippen LogP contribution in [0.1, 0.15) is 31.2 Å². The fourth-order valence-electron chi connectivity index (χ4n) is 3.90. The number of aliphatic hydroxyl groups is 1. The van der Waals surface area contributed by atoms with Gasteiger partial charge in [0, 0.05) is 18.5 Å². The minimum Gasteiger partial charge on any atom is -0.469 e. The van der Waals surface area contributed by atoms with E-state index >= 15 is 0 Å². The van der Waals surface area contributed by atoms with Crippen molar-refractivity contribution in [3.8, 4) is 10.4 Å². The van der Waals surface area contributed by atoms with Gasteiger partial charge in [-0.15, -0.1) is 11.3 Å². The lowest BCUT2D eigenvalue weighted by atomic mass is 9.64. The van der Waals surface area contributed by atoms with Gasteiger partial charge in [-0.3, -0.25) is 14.4 Å². The summed E-state index contributed by atoms with van der Waals surface area (Å²) in [6, 6.07) is 3.32. The van der Waals surface area contributed by atoms with Crippen molar-refractivity contribution >= 4 is 29.1 Å². The summed E-state index contributed by atoms with van der Waals surface area (Å²) in [5.41, 5.74) is -1.45. The molecule has 0 spiro atoms. The largest absolute Gasteiger partial charge is 0.469 e. The van der Waals surface area contributed by atoms with E-state index in [0.29, 0.717) is 10.4 Å². The van der Waals surface area contributed by atoms with Crippen LogP contribution < -0.4 is 0 Å². The normalized spacial score (nSPS) is 25.9. The summed E-state index contributed by atoms with van der Waals surface area (Å²) in [4.78, 5) is 42.7. The molecule has 1 aromatic heterocycles. The molecular weight excluding hydrogens is 432 g/mol. The lowest BCUT2D eigenvalue weighted by Crippen LogP contribution is -2.55. The van der Waals surface area contributed by atoms with Crippen LogP contribution in [-0.2, 0) is 23.9 Å². The van der Waals surface area contributed by atoms with E-state index in [1.54, 1.807) is 6.92 Å². The van der Waals surface area contributed by atoms with Crippen molar-refractivity contribution in [3.05, 3.63) is 41.0 Å². The molecular formula is C21H21F2NO6S. The van der Waals surface area contributed by atoms with Gasteiger partial charge in [0.25, 0.3) is 0 Å². The number of benzene rings is 1. The lowest BCUT2D eigenvalue weighted by Gasteiger charge is -2.42. The maximum Gasteiger partial charge on any atom is 0.317 e. The number of methoxy groups -OCH3 is 1. The first-order valence-electron chi connectivity index (χ1n) is 9.51. The van der Waals surface area contributed by atoms with Crippen LogP contribution in [0.25, 0.3) is 10.4 Å². The number of ketones is 1. The number of Topliss-reactive ketones (excluding diaryl/α,β-unsaturated/α-hetero) is 1. The second kappa shape index (κ2) is 8.80. The number of hydrogen-bond donors (Lipinski definition) is 1. The zero-order valence-electron chi connectivity index (χ0n) is 17.1. The van der Waals surface area contributed by atoms with E-state index < -0.39 is 59.1 Å². The molecule has 0 bridgehead atoms. The zero-order chi connectivity index (χ0) is 22.9. The third kappa shape index (κ3) is 4.35. The Hall–Kier alpha value is -2.72. The molecule has 0 radical (unpaired) electrons. The highest BCUT2D eigenvalue weighted by molar-refractivity contribution is 7.15. The van der Waals surface area contributed by atoms with Crippen molar-refractivity contribution in [1.29, 1.82) is 0 Å². The predicted molar refractivity (Wildman–Crippen MR) is 106 cm³/mol. The highest BCUT2D eigenvalue weighted by Gasteiger charge is 2.58. The van der Waals surface area contributed by atoms with E-state index in [4.69, 9.17) is 9.47 Å². The molecule has 1 aliphatic rings. The van der Waals surface area contributed by atoms with Crippen LogP contribution in [0.5, 0.6) is 0 Å². The molecule has 0 aliphatic heterocycles. The van der Waals surface area contributed by atoms with Gasteiger partial charge in [0.05, 0.1) is 35.1 Å². The summed E-state index contributed by atoms with van der Waals surface area (Å²) in [7, 11) is 1.14. The third-order valence-electron chi connectivity index (χ3n) is 5.28. The highest BCUT2D eigenvalue weighted by Crippen LogP contribution is 2.48. The number of carbonyl (C=O) groups is 3. The van der Waals surface area contributed by atoms with Gasteiger partial charge in [0.2, 0.25) is 0 Å². The summed E-state index contributed by atoms with van der Waals surface area (Å²) in [5.74, 6) is -8.05. The molecule has 2 aromatic rings. The monoisotopic (exact) mass is 453 g/mol. The highest BCUT2D eigenvalue weighted by atomic mass is 32.1. The molecule has 1 aliphatic carbocycles. The molecule has 4 atom stereocenters. The van der Waals surface area contributed by atoms with Crippen molar-refractivity contribution in [2.45, 2.75) is 31.8 Å². The van der Waals surface area contributed by atoms with Gasteiger partial charge in [0.15, 0.2) is 17.4 Å². The Morgan fingerprint density at radius 2 is 2.00 bits per heavy atom. The van der Waals surface area contributed by atoms with Crippen LogP contribution in [0.15, 0.2) is 24.4 Å². The second-order valence-electron chi connectivity index (χ2n) is 7.45. The quantitative estimate of drug-likeness (QED) is 0.549. The van der Waals surface area contributed by atoms with E-state index in [1.807, 2.05) is 0 Å². The van der Waals surface area contributed by atoms with Gasteiger partial charge < -0.3 is 14.6 Å². The molecule has 10 heteroatoms. The lowest BCUT2D eigenvalue weighted by molar-refractivity contribution is -0.171. The van der Waals surface area contributed by atoms with E-state index in [-0.39, 0.29) is 11.6 Å². The molecule has 0 saturated heterocycles.